The Bertz CT molecular complexity index is 962. The first kappa shape index (κ1) is 17.7. The van der Waals surface area contributed by atoms with Gasteiger partial charge in [-0.25, -0.2) is 4.98 Å². The number of piperazine rings is 1. The van der Waals surface area contributed by atoms with Crippen LogP contribution in [0, 0.1) is 0 Å². The molecule has 0 radical (unpaired) electrons. The summed E-state index contributed by atoms with van der Waals surface area (Å²) < 4.78 is 0. The van der Waals surface area contributed by atoms with Crippen LogP contribution in [-0.2, 0) is 0 Å². The van der Waals surface area contributed by atoms with E-state index in [1.54, 1.807) is 0 Å². The molecule has 0 spiro atoms. The van der Waals surface area contributed by atoms with Crippen molar-refractivity contribution in [2.75, 3.05) is 42.9 Å². The van der Waals surface area contributed by atoms with Gasteiger partial charge >= 0.3 is 0 Å². The summed E-state index contributed by atoms with van der Waals surface area (Å²) in [7, 11) is 0. The highest BCUT2D eigenvalue weighted by Gasteiger charge is 2.25. The third-order valence-electron chi connectivity index (χ3n) is 4.83. The van der Waals surface area contributed by atoms with E-state index in [1.807, 2.05) is 47.5 Å². The number of benzene rings is 1. The third-order valence-corrected chi connectivity index (χ3v) is 5.07. The molecule has 2 aromatic heterocycles. The molecule has 0 unspecified atom stereocenters. The molecule has 1 aromatic carbocycles. The van der Waals surface area contributed by atoms with Crippen LogP contribution in [0.25, 0.3) is 10.9 Å². The maximum absolute atomic E-state index is 12.9. The molecule has 1 amide bonds. The second-order valence-electron chi connectivity index (χ2n) is 6.60. The summed E-state index contributed by atoms with van der Waals surface area (Å²) in [4.78, 5) is 24.7. The Kier molecular flexibility index (Phi) is 4.90. The van der Waals surface area contributed by atoms with Crippen molar-refractivity contribution in [2.45, 2.75) is 6.92 Å². The highest BCUT2D eigenvalue weighted by Crippen LogP contribution is 2.25. The van der Waals surface area contributed by atoms with Crippen LogP contribution < -0.4 is 10.2 Å². The van der Waals surface area contributed by atoms with Gasteiger partial charge in [0.1, 0.15) is 5.69 Å². The molecule has 0 atom stereocenters. The zero-order valence-corrected chi connectivity index (χ0v) is 16.0. The molecule has 0 bridgehead atoms. The first-order valence-corrected chi connectivity index (χ1v) is 9.55. The average molecular weight is 384 g/mol. The summed E-state index contributed by atoms with van der Waals surface area (Å²) in [5.41, 5.74) is 2.56. The molecule has 1 fully saturated rings. The number of carbonyl (C=O) groups is 1. The lowest BCUT2D eigenvalue weighted by Crippen LogP contribution is -2.49. The van der Waals surface area contributed by atoms with Crippen LogP contribution in [0.15, 0.2) is 42.6 Å². The van der Waals surface area contributed by atoms with E-state index < -0.39 is 0 Å². The number of hydrogen-bond acceptors (Lipinski definition) is 4. The number of anilines is 2. The van der Waals surface area contributed by atoms with Gasteiger partial charge in [-0.3, -0.25) is 4.79 Å². The Balaban J connectivity index is 1.46. The third kappa shape index (κ3) is 3.57. The molecule has 3 heterocycles. The number of carbonyl (C=O) groups excluding carboxylic acids is 1. The fourth-order valence-corrected chi connectivity index (χ4v) is 3.67. The van der Waals surface area contributed by atoms with Gasteiger partial charge < -0.3 is 20.1 Å². The van der Waals surface area contributed by atoms with E-state index in [0.717, 1.165) is 42.0 Å². The van der Waals surface area contributed by atoms with Crippen LogP contribution in [-0.4, -0.2) is 53.5 Å². The van der Waals surface area contributed by atoms with E-state index in [-0.39, 0.29) is 5.91 Å². The lowest BCUT2D eigenvalue weighted by molar-refractivity contribution is 0.0741. The van der Waals surface area contributed by atoms with Gasteiger partial charge in [-0.2, -0.15) is 0 Å². The summed E-state index contributed by atoms with van der Waals surface area (Å²) in [5.74, 6) is 0.974. The first-order valence-electron chi connectivity index (χ1n) is 9.17. The SMILES string of the molecule is CCNc1cccnc1N1CCN(C(=O)c2cc3cc(Cl)ccc3[nH]2)CC1. The zero-order valence-electron chi connectivity index (χ0n) is 15.2. The maximum Gasteiger partial charge on any atom is 0.270 e. The molecule has 6 nitrogen and oxygen atoms in total. The van der Waals surface area contributed by atoms with E-state index >= 15 is 0 Å². The Morgan fingerprint density at radius 3 is 2.81 bits per heavy atom. The number of aromatic nitrogens is 2. The number of nitrogens with one attached hydrogen (secondary N) is 2. The molecule has 2 N–H and O–H groups in total. The number of rotatable bonds is 4. The monoisotopic (exact) mass is 383 g/mol. The van der Waals surface area contributed by atoms with Crippen molar-refractivity contribution in [2.24, 2.45) is 0 Å². The summed E-state index contributed by atoms with van der Waals surface area (Å²) in [6, 6.07) is 11.4. The Hall–Kier alpha value is -2.73. The molecule has 1 saturated heterocycles. The van der Waals surface area contributed by atoms with Crippen molar-refractivity contribution in [3.63, 3.8) is 0 Å². The highest BCUT2D eigenvalue weighted by atomic mass is 35.5. The molecule has 0 aliphatic carbocycles. The van der Waals surface area contributed by atoms with Crippen LogP contribution >= 0.6 is 11.6 Å². The lowest BCUT2D eigenvalue weighted by Gasteiger charge is -2.36. The summed E-state index contributed by atoms with van der Waals surface area (Å²) in [6.45, 7) is 5.76. The predicted octanol–water partition coefficient (Wildman–Crippen LogP) is 3.61. The smallest absolute Gasteiger partial charge is 0.270 e. The van der Waals surface area contributed by atoms with Crippen molar-refractivity contribution < 1.29 is 4.79 Å². The normalized spacial score (nSPS) is 14.6. The topological polar surface area (TPSA) is 64.3 Å². The molecule has 140 valence electrons. The van der Waals surface area contributed by atoms with Gasteiger partial charge in [0, 0.05) is 54.8 Å². The lowest BCUT2D eigenvalue weighted by atomic mass is 10.2. The summed E-state index contributed by atoms with van der Waals surface area (Å²) >= 11 is 6.04. The molecule has 4 rings (SSSR count). The van der Waals surface area contributed by atoms with Gasteiger partial charge in [-0.05, 0) is 43.3 Å². The van der Waals surface area contributed by atoms with Crippen LogP contribution in [0.2, 0.25) is 5.02 Å². The van der Waals surface area contributed by atoms with Crippen molar-refractivity contribution >= 4 is 39.9 Å². The van der Waals surface area contributed by atoms with Crippen molar-refractivity contribution in [3.8, 4) is 0 Å². The molecule has 1 aliphatic rings. The van der Waals surface area contributed by atoms with E-state index in [4.69, 9.17) is 11.6 Å². The molecule has 3 aromatic rings. The van der Waals surface area contributed by atoms with Gasteiger partial charge in [-0.1, -0.05) is 11.6 Å². The number of halogens is 1. The molecule has 1 aliphatic heterocycles. The fourth-order valence-electron chi connectivity index (χ4n) is 3.49. The molecular formula is C20H22ClN5O. The first-order chi connectivity index (χ1) is 13.2. The van der Waals surface area contributed by atoms with Crippen molar-refractivity contribution in [1.82, 2.24) is 14.9 Å². The Labute approximate surface area is 163 Å². The molecule has 0 saturated carbocycles. The second kappa shape index (κ2) is 7.48. The van der Waals surface area contributed by atoms with E-state index in [2.05, 4.69) is 27.1 Å². The minimum atomic E-state index is 0.0231. The van der Waals surface area contributed by atoms with E-state index in [9.17, 15) is 4.79 Å². The Morgan fingerprint density at radius 2 is 2.04 bits per heavy atom. The van der Waals surface area contributed by atoms with Crippen LogP contribution in [0.5, 0.6) is 0 Å². The van der Waals surface area contributed by atoms with Gasteiger partial charge in [0.25, 0.3) is 5.91 Å². The minimum absolute atomic E-state index is 0.0231. The largest absolute Gasteiger partial charge is 0.382 e. The van der Waals surface area contributed by atoms with Crippen molar-refractivity contribution in [1.29, 1.82) is 0 Å². The van der Waals surface area contributed by atoms with E-state index in [1.165, 1.54) is 0 Å². The van der Waals surface area contributed by atoms with Gasteiger partial charge in [0.2, 0.25) is 0 Å². The quantitative estimate of drug-likeness (QED) is 0.722. The number of H-pyrrole nitrogens is 1. The van der Waals surface area contributed by atoms with Crippen molar-refractivity contribution in [3.05, 3.63) is 53.3 Å². The van der Waals surface area contributed by atoms with Crippen LogP contribution in [0.1, 0.15) is 17.4 Å². The predicted molar refractivity (Wildman–Crippen MR) is 110 cm³/mol. The van der Waals surface area contributed by atoms with Gasteiger partial charge in [0.15, 0.2) is 5.82 Å². The Morgan fingerprint density at radius 1 is 1.22 bits per heavy atom. The van der Waals surface area contributed by atoms with Gasteiger partial charge in [0.05, 0.1) is 5.69 Å². The summed E-state index contributed by atoms with van der Waals surface area (Å²) in [6.07, 6.45) is 1.81. The standard InChI is InChI=1S/C20H22ClN5O/c1-2-22-17-4-3-7-23-19(17)25-8-10-26(11-9-25)20(27)18-13-14-12-15(21)5-6-16(14)24-18/h3-7,12-13,22,24H,2,8-11H2,1H3. The second-order valence-corrected chi connectivity index (χ2v) is 7.04. The van der Waals surface area contributed by atoms with E-state index in [0.29, 0.717) is 23.8 Å². The zero-order chi connectivity index (χ0) is 18.8. The molecular weight excluding hydrogens is 362 g/mol. The maximum atomic E-state index is 12.9. The summed E-state index contributed by atoms with van der Waals surface area (Å²) in [5, 5.41) is 4.97. The van der Waals surface area contributed by atoms with Crippen LogP contribution in [0.3, 0.4) is 0 Å². The highest BCUT2D eigenvalue weighted by molar-refractivity contribution is 6.31. The number of aromatic amines is 1. The van der Waals surface area contributed by atoms with Gasteiger partial charge in [-0.15, -0.1) is 0 Å². The minimum Gasteiger partial charge on any atom is -0.382 e. The number of fused-ring (bicyclic) bond motifs is 1. The fraction of sp³-hybridized carbons (Fsp3) is 0.300. The number of amides is 1. The number of pyridine rings is 1. The molecule has 27 heavy (non-hydrogen) atoms. The average Bonchev–Trinajstić information content (AvgIpc) is 3.11. The number of nitrogens with zero attached hydrogens (tertiary/aromatic N) is 3. The van der Waals surface area contributed by atoms with Crippen LogP contribution in [0.4, 0.5) is 11.5 Å². The molecule has 7 heteroatoms. The number of hydrogen-bond donors (Lipinski definition) is 2.